The van der Waals surface area contributed by atoms with E-state index in [9.17, 15) is 5.26 Å². The number of nitriles is 1. The van der Waals surface area contributed by atoms with Crippen LogP contribution in [0.25, 0.3) is 111 Å². The van der Waals surface area contributed by atoms with Crippen LogP contribution in [0.3, 0.4) is 0 Å². The lowest BCUT2D eigenvalue weighted by molar-refractivity contribution is 0.584. The lowest BCUT2D eigenvalue weighted by atomic mass is 9.98. The van der Waals surface area contributed by atoms with E-state index in [0.29, 0.717) is 28.1 Å². The lowest BCUT2D eigenvalue weighted by Crippen LogP contribution is -2.04. The molecule has 0 unspecified atom stereocenters. The molecule has 8 aromatic carbocycles. The van der Waals surface area contributed by atoms with Gasteiger partial charge in [-0.2, -0.15) is 5.26 Å². The van der Waals surface area contributed by atoms with E-state index in [0.717, 1.165) is 94.4 Å². The molecule has 66 heavy (non-hydrogen) atoms. The summed E-state index contributed by atoms with van der Waals surface area (Å²) in [6, 6.07) is 67.2. The highest BCUT2D eigenvalue weighted by Crippen LogP contribution is 2.43. The van der Waals surface area contributed by atoms with Crippen LogP contribution >= 0.6 is 0 Å². The molecule has 4 aromatic heterocycles. The van der Waals surface area contributed by atoms with E-state index in [4.69, 9.17) is 0 Å². The number of fused-ring (bicyclic) bond motifs is 6. The maximum atomic E-state index is 15.5. The minimum Gasteiger partial charge on any atom is -0.309 e. The Labute approximate surface area is 378 Å². The monoisotopic (exact) mass is 851 g/mol. The highest BCUT2D eigenvalue weighted by molar-refractivity contribution is 6.12. The van der Waals surface area contributed by atoms with Crippen molar-refractivity contribution < 1.29 is 8.78 Å². The van der Waals surface area contributed by atoms with Crippen molar-refractivity contribution in [3.05, 3.63) is 230 Å². The summed E-state index contributed by atoms with van der Waals surface area (Å²) in [7, 11) is 0. The topological polar surface area (TPSA) is 59.4 Å². The van der Waals surface area contributed by atoms with Crippen LogP contribution in [-0.4, -0.2) is 19.1 Å². The summed E-state index contributed by atoms with van der Waals surface area (Å²) in [5.41, 5.74) is 13.6. The van der Waals surface area contributed by atoms with Gasteiger partial charge < -0.3 is 9.13 Å². The number of para-hydroxylation sites is 2. The standard InChI is InChI=1S/C59H35F2N5/c60-45-27-43(28-46(61)34-45)51-35-56(65-54-17-9-7-15-47(54)49-21-19-39(31-57(49)65)41-23-25-63-52(29-41)37-11-3-1-4-12-37)44(36-62)33-59(51)66-55-18-10-8-16-48(55)50-22-20-40(32-58(50)66)42-24-26-64-53(30-42)38-13-5-2-6-14-38/h1-35H. The Kier molecular flexibility index (Phi) is 9.18. The second-order valence-electron chi connectivity index (χ2n) is 16.4. The Morgan fingerprint density at radius 1 is 0.364 bits per heavy atom. The third kappa shape index (κ3) is 6.51. The van der Waals surface area contributed by atoms with Crippen LogP contribution in [0.2, 0.25) is 0 Å². The molecular weight excluding hydrogens is 817 g/mol. The Bertz CT molecular complexity index is 3900. The van der Waals surface area contributed by atoms with Crippen molar-refractivity contribution in [2.45, 2.75) is 0 Å². The molecule has 12 rings (SSSR count). The number of aromatic nitrogens is 4. The van der Waals surface area contributed by atoms with Crippen LogP contribution in [0.4, 0.5) is 8.78 Å². The Hall–Kier alpha value is -8.99. The van der Waals surface area contributed by atoms with E-state index in [1.54, 1.807) is 0 Å². The molecule has 0 saturated heterocycles. The summed E-state index contributed by atoms with van der Waals surface area (Å²) in [5, 5.41) is 15.2. The van der Waals surface area contributed by atoms with Crippen molar-refractivity contribution in [3.8, 4) is 73.3 Å². The molecule has 0 N–H and O–H groups in total. The Balaban J connectivity index is 1.11. The van der Waals surface area contributed by atoms with E-state index >= 15 is 8.78 Å². The first-order valence-corrected chi connectivity index (χ1v) is 21.6. The van der Waals surface area contributed by atoms with Gasteiger partial charge in [0.05, 0.1) is 50.4 Å². The van der Waals surface area contributed by atoms with Gasteiger partial charge in [-0.25, -0.2) is 8.78 Å². The maximum Gasteiger partial charge on any atom is 0.126 e. The van der Waals surface area contributed by atoms with Crippen molar-refractivity contribution in [2.24, 2.45) is 0 Å². The SMILES string of the molecule is N#Cc1cc(-n2c3ccccc3c3ccc(-c4ccnc(-c5ccccc5)c4)cc32)c(-c2cc(F)cc(F)c2)cc1-n1c2ccccc2c2ccc(-c3ccnc(-c4ccccc4)c3)cc21. The quantitative estimate of drug-likeness (QED) is 0.160. The van der Waals surface area contributed by atoms with Crippen molar-refractivity contribution in [1.82, 2.24) is 19.1 Å². The molecule has 0 aliphatic rings. The van der Waals surface area contributed by atoms with Crippen LogP contribution in [-0.2, 0) is 0 Å². The van der Waals surface area contributed by atoms with Crippen LogP contribution in [0.5, 0.6) is 0 Å². The van der Waals surface area contributed by atoms with Crippen molar-refractivity contribution in [1.29, 1.82) is 5.26 Å². The molecule has 7 heteroatoms. The number of hydrogen-bond acceptors (Lipinski definition) is 3. The van der Waals surface area contributed by atoms with Crippen LogP contribution in [0, 0.1) is 23.0 Å². The summed E-state index contributed by atoms with van der Waals surface area (Å²) < 4.78 is 35.1. The maximum absolute atomic E-state index is 15.5. The fourth-order valence-corrected chi connectivity index (χ4v) is 9.55. The van der Waals surface area contributed by atoms with Crippen LogP contribution in [0.1, 0.15) is 5.56 Å². The van der Waals surface area contributed by atoms with Gasteiger partial charge in [0.1, 0.15) is 17.7 Å². The van der Waals surface area contributed by atoms with Gasteiger partial charge >= 0.3 is 0 Å². The molecule has 0 fully saturated rings. The fraction of sp³-hybridized carbons (Fsp3) is 0. The first-order chi connectivity index (χ1) is 32.5. The second kappa shape index (κ2) is 15.7. The first kappa shape index (κ1) is 38.7. The Morgan fingerprint density at radius 2 is 0.818 bits per heavy atom. The molecular formula is C59H35F2N5. The highest BCUT2D eigenvalue weighted by atomic mass is 19.1. The van der Waals surface area contributed by atoms with Gasteiger partial charge in [-0.15, -0.1) is 0 Å². The third-order valence-corrected chi connectivity index (χ3v) is 12.6. The number of hydrogen-bond donors (Lipinski definition) is 0. The fourth-order valence-electron chi connectivity index (χ4n) is 9.55. The average Bonchev–Trinajstić information content (AvgIpc) is 3.88. The molecule has 0 bridgehead atoms. The number of nitrogens with zero attached hydrogens (tertiary/aromatic N) is 5. The molecule has 0 radical (unpaired) electrons. The molecule has 0 amide bonds. The zero-order chi connectivity index (χ0) is 44.3. The van der Waals surface area contributed by atoms with Gasteiger partial charge in [0.25, 0.3) is 0 Å². The molecule has 12 aromatic rings. The predicted octanol–water partition coefficient (Wildman–Crippen LogP) is 15.2. The van der Waals surface area contributed by atoms with E-state index < -0.39 is 11.6 Å². The number of halogens is 2. The largest absolute Gasteiger partial charge is 0.309 e. The van der Waals surface area contributed by atoms with Gasteiger partial charge in [-0.3, -0.25) is 9.97 Å². The summed E-state index contributed by atoms with van der Waals surface area (Å²) in [4.78, 5) is 9.35. The number of pyridine rings is 2. The van der Waals surface area contributed by atoms with Crippen molar-refractivity contribution in [3.63, 3.8) is 0 Å². The van der Waals surface area contributed by atoms with E-state index in [2.05, 4.69) is 85.8 Å². The molecule has 310 valence electrons. The zero-order valence-electron chi connectivity index (χ0n) is 35.2. The van der Waals surface area contributed by atoms with Gasteiger partial charge in [-0.1, -0.05) is 121 Å². The minimum absolute atomic E-state index is 0.337. The molecule has 4 heterocycles. The zero-order valence-corrected chi connectivity index (χ0v) is 35.2. The summed E-state index contributed by atoms with van der Waals surface area (Å²) in [5.74, 6) is -1.40. The molecule has 0 atom stereocenters. The second-order valence-corrected chi connectivity index (χ2v) is 16.4. The number of rotatable bonds is 7. The number of benzene rings is 8. The smallest absolute Gasteiger partial charge is 0.126 e. The van der Waals surface area contributed by atoms with Gasteiger partial charge in [0.2, 0.25) is 0 Å². The van der Waals surface area contributed by atoms with Crippen LogP contribution in [0.15, 0.2) is 213 Å². The lowest BCUT2D eigenvalue weighted by Gasteiger charge is -2.19. The highest BCUT2D eigenvalue weighted by Gasteiger charge is 2.23. The van der Waals surface area contributed by atoms with E-state index in [-0.39, 0.29) is 0 Å². The molecule has 0 spiro atoms. The van der Waals surface area contributed by atoms with Gasteiger partial charge in [0.15, 0.2) is 0 Å². The Morgan fingerprint density at radius 3 is 1.33 bits per heavy atom. The normalized spacial score (nSPS) is 11.5. The average molecular weight is 852 g/mol. The molecule has 0 saturated carbocycles. The van der Waals surface area contributed by atoms with Crippen molar-refractivity contribution in [2.75, 3.05) is 0 Å². The van der Waals surface area contributed by atoms with Gasteiger partial charge in [-0.05, 0) is 101 Å². The summed E-state index contributed by atoms with van der Waals surface area (Å²) in [6.07, 6.45) is 3.65. The van der Waals surface area contributed by atoms with Crippen molar-refractivity contribution >= 4 is 43.6 Å². The minimum atomic E-state index is -0.702. The van der Waals surface area contributed by atoms with Crippen LogP contribution < -0.4 is 0 Å². The summed E-state index contributed by atoms with van der Waals surface area (Å²) >= 11 is 0. The first-order valence-electron chi connectivity index (χ1n) is 21.6. The van der Waals surface area contributed by atoms with Gasteiger partial charge in [0, 0.05) is 56.7 Å². The van der Waals surface area contributed by atoms with E-state index in [1.165, 1.54) is 12.1 Å². The molecule has 0 aliphatic heterocycles. The molecule has 0 aliphatic carbocycles. The summed E-state index contributed by atoms with van der Waals surface area (Å²) in [6.45, 7) is 0. The predicted molar refractivity (Wildman–Crippen MR) is 263 cm³/mol. The molecule has 5 nitrogen and oxygen atoms in total. The van der Waals surface area contributed by atoms with E-state index in [1.807, 2.05) is 134 Å². The third-order valence-electron chi connectivity index (χ3n) is 12.6.